The van der Waals surface area contributed by atoms with E-state index in [1.807, 2.05) is 0 Å². The second kappa shape index (κ2) is 4.89. The van der Waals surface area contributed by atoms with E-state index < -0.39 is 16.0 Å². The molecular formula is C10H15FN2O2S2. The molecule has 0 bridgehead atoms. The summed E-state index contributed by atoms with van der Waals surface area (Å²) in [5, 5.41) is 0.820. The highest BCUT2D eigenvalue weighted by Gasteiger charge is 2.19. The summed E-state index contributed by atoms with van der Waals surface area (Å²) in [6.45, 7) is 3.63. The van der Waals surface area contributed by atoms with Gasteiger partial charge in [-0.05, 0) is 26.2 Å². The molecule has 1 fully saturated rings. The van der Waals surface area contributed by atoms with Crippen LogP contribution in [-0.2, 0) is 16.0 Å². The SMILES string of the molecule is Cc1nc(N2CCCCC2)sc1CS(=O)(=O)F. The summed E-state index contributed by atoms with van der Waals surface area (Å²) in [4.78, 5) is 6.99. The molecular weight excluding hydrogens is 263 g/mol. The lowest BCUT2D eigenvalue weighted by Crippen LogP contribution is -2.29. The number of thiazole rings is 1. The number of aromatic nitrogens is 1. The van der Waals surface area contributed by atoms with Crippen LogP contribution in [0.4, 0.5) is 9.02 Å². The molecule has 0 aliphatic carbocycles. The van der Waals surface area contributed by atoms with Gasteiger partial charge in [0.15, 0.2) is 5.13 Å². The van der Waals surface area contributed by atoms with Gasteiger partial charge in [0.1, 0.15) is 5.75 Å². The second-order valence-corrected chi connectivity index (χ2v) is 6.66. The first-order valence-corrected chi connectivity index (χ1v) is 7.96. The zero-order valence-corrected chi connectivity index (χ0v) is 11.3. The van der Waals surface area contributed by atoms with Gasteiger partial charge in [-0.25, -0.2) is 4.98 Å². The molecule has 1 aliphatic rings. The monoisotopic (exact) mass is 278 g/mol. The highest BCUT2D eigenvalue weighted by atomic mass is 32.3. The summed E-state index contributed by atoms with van der Waals surface area (Å²) in [6.07, 6.45) is 3.50. The Balaban J connectivity index is 2.17. The molecule has 0 saturated carbocycles. The largest absolute Gasteiger partial charge is 0.348 e. The lowest BCUT2D eigenvalue weighted by molar-refractivity contribution is 0.551. The molecule has 0 spiro atoms. The Morgan fingerprint density at radius 3 is 2.59 bits per heavy atom. The first-order chi connectivity index (χ1) is 7.96. The van der Waals surface area contributed by atoms with E-state index in [0.29, 0.717) is 10.6 Å². The Hall–Kier alpha value is -0.690. The number of piperidine rings is 1. The smallest absolute Gasteiger partial charge is 0.307 e. The molecule has 1 aromatic rings. The lowest BCUT2D eigenvalue weighted by Gasteiger charge is -2.25. The van der Waals surface area contributed by atoms with Crippen LogP contribution in [0.25, 0.3) is 0 Å². The van der Waals surface area contributed by atoms with Gasteiger partial charge in [0, 0.05) is 18.0 Å². The van der Waals surface area contributed by atoms with Crippen LogP contribution in [0.15, 0.2) is 0 Å². The highest BCUT2D eigenvalue weighted by Crippen LogP contribution is 2.29. The number of anilines is 1. The average Bonchev–Trinajstić information content (AvgIpc) is 2.59. The Morgan fingerprint density at radius 2 is 2.00 bits per heavy atom. The molecule has 96 valence electrons. The molecule has 2 heterocycles. The summed E-state index contributed by atoms with van der Waals surface area (Å²) in [5.41, 5.74) is 0.622. The number of hydrogen-bond acceptors (Lipinski definition) is 5. The van der Waals surface area contributed by atoms with E-state index in [2.05, 4.69) is 9.88 Å². The van der Waals surface area contributed by atoms with E-state index in [9.17, 15) is 12.3 Å². The predicted molar refractivity (Wildman–Crippen MR) is 66.6 cm³/mol. The standard InChI is InChI=1S/C10H15FN2O2S2/c1-8-9(7-17(11,14)15)16-10(12-8)13-5-3-2-4-6-13/h2-7H2,1H3. The first-order valence-electron chi connectivity index (χ1n) is 5.59. The fourth-order valence-corrected chi connectivity index (χ4v) is 4.01. The molecule has 7 heteroatoms. The fraction of sp³-hybridized carbons (Fsp3) is 0.700. The third-order valence-electron chi connectivity index (χ3n) is 2.81. The van der Waals surface area contributed by atoms with E-state index in [1.165, 1.54) is 17.8 Å². The van der Waals surface area contributed by atoms with Crippen molar-refractivity contribution in [2.75, 3.05) is 18.0 Å². The molecule has 0 aromatic carbocycles. The van der Waals surface area contributed by atoms with Gasteiger partial charge in [-0.15, -0.1) is 15.2 Å². The molecule has 0 atom stereocenters. The molecule has 0 N–H and O–H groups in total. The molecule has 1 saturated heterocycles. The number of rotatable bonds is 3. The molecule has 4 nitrogen and oxygen atoms in total. The number of halogens is 1. The summed E-state index contributed by atoms with van der Waals surface area (Å²) in [5.74, 6) is -0.551. The molecule has 1 aliphatic heterocycles. The van der Waals surface area contributed by atoms with Crippen molar-refractivity contribution in [1.82, 2.24) is 4.98 Å². The van der Waals surface area contributed by atoms with Gasteiger partial charge in [0.05, 0.1) is 5.69 Å². The minimum atomic E-state index is -4.47. The van der Waals surface area contributed by atoms with Crippen molar-refractivity contribution >= 4 is 26.7 Å². The van der Waals surface area contributed by atoms with Gasteiger partial charge in [-0.2, -0.15) is 8.42 Å². The van der Waals surface area contributed by atoms with Crippen molar-refractivity contribution < 1.29 is 12.3 Å². The van der Waals surface area contributed by atoms with Crippen molar-refractivity contribution in [2.45, 2.75) is 31.9 Å². The van der Waals surface area contributed by atoms with Crippen LogP contribution in [0.1, 0.15) is 29.8 Å². The number of hydrogen-bond donors (Lipinski definition) is 0. The van der Waals surface area contributed by atoms with Crippen LogP contribution >= 0.6 is 11.3 Å². The molecule has 1 aromatic heterocycles. The van der Waals surface area contributed by atoms with Gasteiger partial charge >= 0.3 is 10.2 Å². The van der Waals surface area contributed by atoms with Gasteiger partial charge < -0.3 is 4.90 Å². The summed E-state index contributed by atoms with van der Waals surface area (Å²) in [7, 11) is -4.47. The van der Waals surface area contributed by atoms with E-state index in [0.717, 1.165) is 31.1 Å². The Labute approximate surface area is 105 Å². The van der Waals surface area contributed by atoms with Crippen LogP contribution in [0.2, 0.25) is 0 Å². The quantitative estimate of drug-likeness (QED) is 0.796. The van der Waals surface area contributed by atoms with Crippen molar-refractivity contribution in [2.24, 2.45) is 0 Å². The van der Waals surface area contributed by atoms with Gasteiger partial charge in [0.2, 0.25) is 0 Å². The average molecular weight is 278 g/mol. The van der Waals surface area contributed by atoms with Gasteiger partial charge in [-0.3, -0.25) is 0 Å². The first kappa shape index (κ1) is 12.8. The van der Waals surface area contributed by atoms with Crippen LogP contribution in [0.5, 0.6) is 0 Å². The maximum Gasteiger partial charge on any atom is 0.307 e. The highest BCUT2D eigenvalue weighted by molar-refractivity contribution is 7.85. The van der Waals surface area contributed by atoms with Crippen molar-refractivity contribution in [3.8, 4) is 0 Å². The lowest BCUT2D eigenvalue weighted by atomic mass is 10.1. The zero-order chi connectivity index (χ0) is 12.5. The molecule has 0 amide bonds. The van der Waals surface area contributed by atoms with Gasteiger partial charge in [0.25, 0.3) is 0 Å². The molecule has 0 radical (unpaired) electrons. The van der Waals surface area contributed by atoms with Gasteiger partial charge in [-0.1, -0.05) is 0 Å². The maximum absolute atomic E-state index is 12.6. The van der Waals surface area contributed by atoms with E-state index in [1.54, 1.807) is 6.92 Å². The van der Waals surface area contributed by atoms with E-state index >= 15 is 0 Å². The number of nitrogens with zero attached hydrogens (tertiary/aromatic N) is 2. The fourth-order valence-electron chi connectivity index (χ4n) is 1.92. The summed E-state index contributed by atoms with van der Waals surface area (Å²) >= 11 is 1.29. The molecule has 17 heavy (non-hydrogen) atoms. The maximum atomic E-state index is 12.6. The number of aryl methyl sites for hydroxylation is 1. The third-order valence-corrected chi connectivity index (χ3v) is 4.85. The summed E-state index contributed by atoms with van der Waals surface area (Å²) < 4.78 is 33.9. The molecule has 2 rings (SSSR count). The zero-order valence-electron chi connectivity index (χ0n) is 9.65. The van der Waals surface area contributed by atoms with Crippen LogP contribution in [-0.4, -0.2) is 26.5 Å². The van der Waals surface area contributed by atoms with Crippen molar-refractivity contribution in [1.29, 1.82) is 0 Å². The van der Waals surface area contributed by atoms with Crippen LogP contribution in [0, 0.1) is 6.92 Å². The summed E-state index contributed by atoms with van der Waals surface area (Å²) in [6, 6.07) is 0. The topological polar surface area (TPSA) is 50.3 Å². The Morgan fingerprint density at radius 1 is 1.35 bits per heavy atom. The van der Waals surface area contributed by atoms with Crippen LogP contribution < -0.4 is 4.90 Å². The van der Waals surface area contributed by atoms with Crippen LogP contribution in [0.3, 0.4) is 0 Å². The van der Waals surface area contributed by atoms with Crippen molar-refractivity contribution in [3.05, 3.63) is 10.6 Å². The third kappa shape index (κ3) is 3.38. The van der Waals surface area contributed by atoms with E-state index in [4.69, 9.17) is 0 Å². The normalized spacial score (nSPS) is 17.4. The predicted octanol–water partition coefficient (Wildman–Crippen LogP) is 2.24. The Kier molecular flexibility index (Phi) is 3.67. The second-order valence-electron chi connectivity index (χ2n) is 4.24. The minimum absolute atomic E-state index is 0.507. The minimum Gasteiger partial charge on any atom is -0.348 e. The van der Waals surface area contributed by atoms with E-state index in [-0.39, 0.29) is 0 Å². The Bertz CT molecular complexity index is 492. The van der Waals surface area contributed by atoms with Crippen molar-refractivity contribution in [3.63, 3.8) is 0 Å². The molecule has 0 unspecified atom stereocenters.